The van der Waals surface area contributed by atoms with Gasteiger partial charge in [0.05, 0.1) is 5.16 Å². The molecule has 134 valence electrons. The minimum atomic E-state index is 0.524. The SMILES string of the molecule is S=C=NC(=Nc1sc(-c2ccccc2)nc1-c1ccccc1)c1ccccc1. The van der Waals surface area contributed by atoms with Crippen LogP contribution in [0, 0.1) is 0 Å². The molecule has 4 aromatic rings. The fraction of sp³-hybridized carbons (Fsp3) is 0. The summed E-state index contributed by atoms with van der Waals surface area (Å²) in [4.78, 5) is 13.9. The van der Waals surface area contributed by atoms with Crippen LogP contribution in [0.1, 0.15) is 5.56 Å². The molecule has 0 radical (unpaired) electrons. The summed E-state index contributed by atoms with van der Waals surface area (Å²) in [5.41, 5.74) is 3.79. The molecule has 0 aliphatic heterocycles. The number of aliphatic imine (C=N–C) groups is 2. The van der Waals surface area contributed by atoms with Crippen LogP contribution in [-0.4, -0.2) is 16.0 Å². The Labute approximate surface area is 172 Å². The number of aromatic nitrogens is 1. The number of hydrogen-bond acceptors (Lipinski definition) is 4. The third-order valence-corrected chi connectivity index (χ3v) is 5.16. The van der Waals surface area contributed by atoms with Gasteiger partial charge in [-0.2, -0.15) is 4.99 Å². The van der Waals surface area contributed by atoms with Crippen molar-refractivity contribution in [2.45, 2.75) is 0 Å². The lowest BCUT2D eigenvalue weighted by Crippen LogP contribution is -1.95. The maximum absolute atomic E-state index is 4.88. The van der Waals surface area contributed by atoms with E-state index in [0.717, 1.165) is 32.4 Å². The molecule has 0 amide bonds. The molecule has 0 atom stereocenters. The molecule has 0 fully saturated rings. The van der Waals surface area contributed by atoms with Gasteiger partial charge in [0.1, 0.15) is 15.7 Å². The molecule has 0 spiro atoms. The first-order chi connectivity index (χ1) is 13.8. The van der Waals surface area contributed by atoms with Gasteiger partial charge in [0.25, 0.3) is 0 Å². The van der Waals surface area contributed by atoms with Gasteiger partial charge in [0.2, 0.25) is 0 Å². The third-order valence-electron chi connectivity index (χ3n) is 4.07. The lowest BCUT2D eigenvalue weighted by atomic mass is 10.1. The Morgan fingerprint density at radius 3 is 1.96 bits per heavy atom. The lowest BCUT2D eigenvalue weighted by Gasteiger charge is -2.01. The van der Waals surface area contributed by atoms with E-state index in [1.54, 1.807) is 0 Å². The summed E-state index contributed by atoms with van der Waals surface area (Å²) in [5, 5.41) is 4.15. The second kappa shape index (κ2) is 8.63. The van der Waals surface area contributed by atoms with Gasteiger partial charge in [0, 0.05) is 16.7 Å². The van der Waals surface area contributed by atoms with Gasteiger partial charge in [0.15, 0.2) is 5.84 Å². The zero-order valence-corrected chi connectivity index (χ0v) is 16.5. The number of benzene rings is 3. The molecule has 5 heteroatoms. The average molecular weight is 398 g/mol. The monoisotopic (exact) mass is 397 g/mol. The van der Waals surface area contributed by atoms with Gasteiger partial charge in [-0.3, -0.25) is 0 Å². The van der Waals surface area contributed by atoms with E-state index in [1.165, 1.54) is 11.3 Å². The quantitative estimate of drug-likeness (QED) is 0.219. The standard InChI is InChI=1S/C23H15N3S2/c27-16-24-21(18-12-6-2-7-13-18)26-23-20(17-10-4-1-5-11-17)25-22(28-23)19-14-8-3-9-15-19/h1-15H. The molecule has 0 unspecified atom stereocenters. The van der Waals surface area contributed by atoms with E-state index in [2.05, 4.69) is 10.2 Å². The number of thiazole rings is 1. The molecule has 4 rings (SSSR count). The Hall–Kier alpha value is -3.24. The number of hydrogen-bond donors (Lipinski definition) is 0. The predicted octanol–water partition coefficient (Wildman–Crippen LogP) is 6.66. The highest BCUT2D eigenvalue weighted by Crippen LogP contribution is 2.40. The maximum atomic E-state index is 4.88. The molecule has 0 aliphatic carbocycles. The highest BCUT2D eigenvalue weighted by Gasteiger charge is 2.15. The smallest absolute Gasteiger partial charge is 0.171 e. The van der Waals surface area contributed by atoms with Crippen LogP contribution in [0.4, 0.5) is 5.00 Å². The topological polar surface area (TPSA) is 37.6 Å². The van der Waals surface area contributed by atoms with Crippen molar-refractivity contribution in [2.24, 2.45) is 9.98 Å². The Balaban J connectivity index is 1.89. The molecule has 3 aromatic carbocycles. The van der Waals surface area contributed by atoms with E-state index < -0.39 is 0 Å². The van der Waals surface area contributed by atoms with E-state index in [1.807, 2.05) is 91.0 Å². The number of rotatable bonds is 4. The predicted molar refractivity (Wildman–Crippen MR) is 121 cm³/mol. The highest BCUT2D eigenvalue weighted by molar-refractivity contribution is 7.78. The van der Waals surface area contributed by atoms with Gasteiger partial charge < -0.3 is 0 Å². The fourth-order valence-electron chi connectivity index (χ4n) is 2.76. The zero-order valence-electron chi connectivity index (χ0n) is 14.8. The molecule has 28 heavy (non-hydrogen) atoms. The first-order valence-corrected chi connectivity index (χ1v) is 9.91. The molecule has 1 heterocycles. The summed E-state index contributed by atoms with van der Waals surface area (Å²) in [6.45, 7) is 0. The summed E-state index contributed by atoms with van der Waals surface area (Å²) >= 11 is 6.38. The lowest BCUT2D eigenvalue weighted by molar-refractivity contribution is 1.38. The summed E-state index contributed by atoms with van der Waals surface area (Å²) < 4.78 is 0. The van der Waals surface area contributed by atoms with Gasteiger partial charge >= 0.3 is 0 Å². The van der Waals surface area contributed by atoms with Crippen LogP contribution in [-0.2, 0) is 0 Å². The Kier molecular flexibility index (Phi) is 5.59. The van der Waals surface area contributed by atoms with Crippen molar-refractivity contribution < 1.29 is 0 Å². The normalized spacial score (nSPS) is 11.1. The first-order valence-electron chi connectivity index (χ1n) is 8.69. The third kappa shape index (κ3) is 4.02. The molecule has 1 aromatic heterocycles. The molecule has 0 N–H and O–H groups in total. The number of nitrogens with zero attached hydrogens (tertiary/aromatic N) is 3. The van der Waals surface area contributed by atoms with Crippen molar-refractivity contribution >= 4 is 39.6 Å². The van der Waals surface area contributed by atoms with E-state index in [-0.39, 0.29) is 0 Å². The van der Waals surface area contributed by atoms with Crippen LogP contribution in [0.2, 0.25) is 0 Å². The summed E-state index contributed by atoms with van der Waals surface area (Å²) in [7, 11) is 0. The van der Waals surface area contributed by atoms with Crippen LogP contribution in [0.3, 0.4) is 0 Å². The van der Waals surface area contributed by atoms with Crippen molar-refractivity contribution in [3.8, 4) is 21.8 Å². The molecule has 0 saturated carbocycles. The summed E-state index contributed by atoms with van der Waals surface area (Å²) in [6.07, 6.45) is 0. The second-order valence-corrected chi connectivity index (χ2v) is 7.07. The molecule has 3 nitrogen and oxygen atoms in total. The Morgan fingerprint density at radius 1 is 0.786 bits per heavy atom. The number of thiocarbonyl (C=S) groups is 1. The first kappa shape index (κ1) is 18.1. The van der Waals surface area contributed by atoms with Crippen molar-refractivity contribution in [3.63, 3.8) is 0 Å². The second-order valence-electron chi connectivity index (χ2n) is 5.91. The number of amidine groups is 1. The van der Waals surface area contributed by atoms with Crippen LogP contribution < -0.4 is 0 Å². The minimum Gasteiger partial charge on any atom is -0.234 e. The molecular formula is C23H15N3S2. The van der Waals surface area contributed by atoms with E-state index in [9.17, 15) is 0 Å². The minimum absolute atomic E-state index is 0.524. The largest absolute Gasteiger partial charge is 0.234 e. The zero-order chi connectivity index (χ0) is 19.2. The summed E-state index contributed by atoms with van der Waals surface area (Å²) in [5.74, 6) is 0.524. The van der Waals surface area contributed by atoms with Gasteiger partial charge in [-0.05, 0) is 12.2 Å². The van der Waals surface area contributed by atoms with Crippen molar-refractivity contribution in [1.82, 2.24) is 4.98 Å². The van der Waals surface area contributed by atoms with Gasteiger partial charge in [-0.15, -0.1) is 0 Å². The Morgan fingerprint density at radius 2 is 1.36 bits per heavy atom. The van der Waals surface area contributed by atoms with E-state index >= 15 is 0 Å². The molecular weight excluding hydrogens is 382 g/mol. The maximum Gasteiger partial charge on any atom is 0.171 e. The van der Waals surface area contributed by atoms with Crippen LogP contribution in [0.25, 0.3) is 21.8 Å². The van der Waals surface area contributed by atoms with E-state index in [0.29, 0.717) is 5.84 Å². The van der Waals surface area contributed by atoms with Crippen LogP contribution in [0.5, 0.6) is 0 Å². The Bertz CT molecular complexity index is 1140. The van der Waals surface area contributed by atoms with Crippen molar-refractivity contribution in [1.29, 1.82) is 0 Å². The molecule has 0 bridgehead atoms. The number of isothiocyanates is 1. The summed E-state index contributed by atoms with van der Waals surface area (Å²) in [6, 6.07) is 29.9. The van der Waals surface area contributed by atoms with E-state index in [4.69, 9.17) is 22.2 Å². The molecule has 0 saturated heterocycles. The van der Waals surface area contributed by atoms with Crippen molar-refractivity contribution in [3.05, 3.63) is 96.6 Å². The van der Waals surface area contributed by atoms with Gasteiger partial charge in [-0.1, -0.05) is 102 Å². The van der Waals surface area contributed by atoms with Crippen LogP contribution >= 0.6 is 23.6 Å². The highest BCUT2D eigenvalue weighted by atomic mass is 32.1. The van der Waals surface area contributed by atoms with Crippen LogP contribution in [0.15, 0.2) is 101 Å². The van der Waals surface area contributed by atoms with Gasteiger partial charge in [-0.25, -0.2) is 9.98 Å². The molecule has 0 aliphatic rings. The average Bonchev–Trinajstić information content (AvgIpc) is 3.19. The fourth-order valence-corrected chi connectivity index (χ4v) is 3.81. The van der Waals surface area contributed by atoms with Crippen molar-refractivity contribution in [2.75, 3.05) is 0 Å².